The van der Waals surface area contributed by atoms with Crippen LogP contribution < -0.4 is 14.8 Å². The van der Waals surface area contributed by atoms with Gasteiger partial charge in [-0.25, -0.2) is 0 Å². The van der Waals surface area contributed by atoms with Crippen molar-refractivity contribution >= 4 is 12.0 Å². The molecule has 1 N–H and O–H groups in total. The average Bonchev–Trinajstić information content (AvgIpc) is 2.61. The van der Waals surface area contributed by atoms with Crippen LogP contribution in [0.5, 0.6) is 11.5 Å². The fourth-order valence-electron chi connectivity index (χ4n) is 2.11. The molecule has 0 unspecified atom stereocenters. The van der Waals surface area contributed by atoms with E-state index in [1.165, 1.54) is 18.2 Å². The number of hydrogen-bond donors (Lipinski definition) is 1. The molecule has 0 spiro atoms. The molecule has 4 nitrogen and oxygen atoms in total. The van der Waals surface area contributed by atoms with E-state index >= 15 is 0 Å². The van der Waals surface area contributed by atoms with Gasteiger partial charge >= 0.3 is 6.61 Å². The Morgan fingerprint density at radius 2 is 1.72 bits per heavy atom. The molecule has 2 rings (SSSR count). The summed E-state index contributed by atoms with van der Waals surface area (Å²) in [5, 5.41) is 2.79. The van der Waals surface area contributed by atoms with Crippen molar-refractivity contribution in [3.63, 3.8) is 0 Å². The number of halogens is 2. The molecule has 1 amide bonds. The highest BCUT2D eigenvalue weighted by Gasteiger charge is 2.03. The number of methoxy groups -OCH3 is 1. The number of alkyl halides is 2. The number of amides is 1. The molecule has 0 heterocycles. The maximum atomic E-state index is 12.1. The summed E-state index contributed by atoms with van der Waals surface area (Å²) in [7, 11) is 1.61. The quantitative estimate of drug-likeness (QED) is 0.741. The Hall–Kier alpha value is -2.89. The van der Waals surface area contributed by atoms with Crippen LogP contribution in [-0.4, -0.2) is 26.2 Å². The van der Waals surface area contributed by atoms with Gasteiger partial charge in [-0.1, -0.05) is 24.3 Å². The summed E-state index contributed by atoms with van der Waals surface area (Å²) in [4.78, 5) is 11.8. The fourth-order valence-corrected chi connectivity index (χ4v) is 2.11. The van der Waals surface area contributed by atoms with E-state index in [0.29, 0.717) is 18.5 Å². The first-order valence-corrected chi connectivity index (χ1v) is 7.70. The van der Waals surface area contributed by atoms with E-state index in [4.69, 9.17) is 4.74 Å². The maximum Gasteiger partial charge on any atom is 0.387 e. The topological polar surface area (TPSA) is 47.6 Å². The van der Waals surface area contributed by atoms with Gasteiger partial charge in [0, 0.05) is 12.6 Å². The lowest BCUT2D eigenvalue weighted by Crippen LogP contribution is -2.23. The average molecular weight is 347 g/mol. The number of benzene rings is 2. The Balaban J connectivity index is 1.76. The van der Waals surface area contributed by atoms with Crippen molar-refractivity contribution in [2.75, 3.05) is 13.7 Å². The first kappa shape index (κ1) is 18.4. The predicted molar refractivity (Wildman–Crippen MR) is 91.8 cm³/mol. The molecule has 0 fully saturated rings. The van der Waals surface area contributed by atoms with E-state index in [-0.39, 0.29) is 11.7 Å². The van der Waals surface area contributed by atoms with Gasteiger partial charge in [0.05, 0.1) is 7.11 Å². The van der Waals surface area contributed by atoms with Crippen LogP contribution in [0, 0.1) is 0 Å². The highest BCUT2D eigenvalue weighted by molar-refractivity contribution is 5.91. The first-order valence-electron chi connectivity index (χ1n) is 7.70. The van der Waals surface area contributed by atoms with Crippen LogP contribution in [0.25, 0.3) is 6.08 Å². The van der Waals surface area contributed by atoms with Gasteiger partial charge in [0.25, 0.3) is 0 Å². The van der Waals surface area contributed by atoms with Crippen molar-refractivity contribution < 1.29 is 23.0 Å². The molecule has 132 valence electrons. The van der Waals surface area contributed by atoms with Gasteiger partial charge in [0.15, 0.2) is 0 Å². The molecule has 2 aromatic rings. The molecule has 0 atom stereocenters. The Morgan fingerprint density at radius 3 is 2.32 bits per heavy atom. The lowest BCUT2D eigenvalue weighted by atomic mass is 10.1. The lowest BCUT2D eigenvalue weighted by molar-refractivity contribution is -0.116. The predicted octanol–water partition coefficient (Wildman–Crippen LogP) is 3.67. The van der Waals surface area contributed by atoms with E-state index in [2.05, 4.69) is 10.1 Å². The van der Waals surface area contributed by atoms with Crippen molar-refractivity contribution in [1.29, 1.82) is 0 Å². The highest BCUT2D eigenvalue weighted by atomic mass is 19.3. The molecule has 6 heteroatoms. The summed E-state index contributed by atoms with van der Waals surface area (Å²) in [6, 6.07) is 13.7. The molecule has 0 aliphatic rings. The minimum absolute atomic E-state index is 0.0797. The number of carbonyl (C=O) groups is 1. The summed E-state index contributed by atoms with van der Waals surface area (Å²) < 4.78 is 33.5. The lowest BCUT2D eigenvalue weighted by Gasteiger charge is -2.05. The second-order valence-corrected chi connectivity index (χ2v) is 5.17. The molecule has 0 radical (unpaired) electrons. The van der Waals surface area contributed by atoms with Gasteiger partial charge in [-0.2, -0.15) is 8.78 Å². The van der Waals surface area contributed by atoms with Gasteiger partial charge in [0.1, 0.15) is 11.5 Å². The minimum Gasteiger partial charge on any atom is -0.497 e. The van der Waals surface area contributed by atoms with E-state index in [1.807, 2.05) is 24.3 Å². The molecule has 0 aromatic heterocycles. The SMILES string of the molecule is COc1ccc(CCNC(=O)C=Cc2ccc(OC(F)F)cc2)cc1. The Labute approximate surface area is 145 Å². The molecule has 25 heavy (non-hydrogen) atoms. The molecule has 0 aliphatic heterocycles. The Kier molecular flexibility index (Phi) is 6.95. The number of ether oxygens (including phenoxy) is 2. The summed E-state index contributed by atoms with van der Waals surface area (Å²) in [6.45, 7) is -2.34. The molecule has 0 bridgehead atoms. The fraction of sp³-hybridized carbons (Fsp3) is 0.211. The summed E-state index contributed by atoms with van der Waals surface area (Å²) >= 11 is 0. The third-order valence-corrected chi connectivity index (χ3v) is 3.40. The van der Waals surface area contributed by atoms with Crippen LogP contribution in [0.15, 0.2) is 54.6 Å². The largest absolute Gasteiger partial charge is 0.497 e. The van der Waals surface area contributed by atoms with Crippen molar-refractivity contribution in [2.24, 2.45) is 0 Å². The summed E-state index contributed by atoms with van der Waals surface area (Å²) in [5.74, 6) is 0.651. The zero-order valence-corrected chi connectivity index (χ0v) is 13.7. The van der Waals surface area contributed by atoms with Crippen LogP contribution in [-0.2, 0) is 11.2 Å². The maximum absolute atomic E-state index is 12.1. The van der Waals surface area contributed by atoms with E-state index in [1.54, 1.807) is 25.3 Å². The highest BCUT2D eigenvalue weighted by Crippen LogP contribution is 2.15. The summed E-state index contributed by atoms with van der Waals surface area (Å²) in [6.07, 6.45) is 3.72. The second kappa shape index (κ2) is 9.42. The van der Waals surface area contributed by atoms with Crippen molar-refractivity contribution in [3.8, 4) is 11.5 Å². The van der Waals surface area contributed by atoms with Gasteiger partial charge in [0.2, 0.25) is 5.91 Å². The van der Waals surface area contributed by atoms with Crippen LogP contribution >= 0.6 is 0 Å². The van der Waals surface area contributed by atoms with Crippen molar-refractivity contribution in [2.45, 2.75) is 13.0 Å². The van der Waals surface area contributed by atoms with Crippen LogP contribution in [0.3, 0.4) is 0 Å². The minimum atomic E-state index is -2.85. The van der Waals surface area contributed by atoms with E-state index < -0.39 is 6.61 Å². The van der Waals surface area contributed by atoms with Crippen molar-refractivity contribution in [3.05, 3.63) is 65.7 Å². The zero-order chi connectivity index (χ0) is 18.1. The number of rotatable bonds is 8. The van der Waals surface area contributed by atoms with Crippen LogP contribution in [0.1, 0.15) is 11.1 Å². The molecule has 0 aliphatic carbocycles. The standard InChI is InChI=1S/C19H19F2NO3/c1-24-16-7-2-15(3-8-16)12-13-22-18(23)11-6-14-4-9-17(10-5-14)25-19(20)21/h2-11,19H,12-13H2,1H3,(H,22,23). The third kappa shape index (κ3) is 6.63. The number of hydrogen-bond acceptors (Lipinski definition) is 3. The Morgan fingerprint density at radius 1 is 1.08 bits per heavy atom. The molecule has 2 aromatic carbocycles. The van der Waals surface area contributed by atoms with Crippen LogP contribution in [0.2, 0.25) is 0 Å². The van der Waals surface area contributed by atoms with Gasteiger partial charge in [-0.15, -0.1) is 0 Å². The van der Waals surface area contributed by atoms with Crippen molar-refractivity contribution in [1.82, 2.24) is 5.32 Å². The monoisotopic (exact) mass is 347 g/mol. The number of carbonyl (C=O) groups excluding carboxylic acids is 1. The first-order chi connectivity index (χ1) is 12.1. The van der Waals surface area contributed by atoms with E-state index in [0.717, 1.165) is 11.3 Å². The molecule has 0 saturated carbocycles. The van der Waals surface area contributed by atoms with Crippen LogP contribution in [0.4, 0.5) is 8.78 Å². The third-order valence-electron chi connectivity index (χ3n) is 3.40. The second-order valence-electron chi connectivity index (χ2n) is 5.17. The van der Waals surface area contributed by atoms with Gasteiger partial charge in [-0.3, -0.25) is 4.79 Å². The van der Waals surface area contributed by atoms with Gasteiger partial charge in [-0.05, 0) is 47.9 Å². The molecular formula is C19H19F2NO3. The van der Waals surface area contributed by atoms with Gasteiger partial charge < -0.3 is 14.8 Å². The van der Waals surface area contributed by atoms with E-state index in [9.17, 15) is 13.6 Å². The zero-order valence-electron chi connectivity index (χ0n) is 13.7. The summed E-state index contributed by atoms with van der Waals surface area (Å²) in [5.41, 5.74) is 1.81. The molecule has 0 saturated heterocycles. The number of nitrogens with one attached hydrogen (secondary N) is 1. The smallest absolute Gasteiger partial charge is 0.387 e. The Bertz CT molecular complexity index is 698. The normalized spacial score (nSPS) is 10.9. The molecular weight excluding hydrogens is 328 g/mol.